The highest BCUT2D eigenvalue weighted by molar-refractivity contribution is 6.32. The van der Waals surface area contributed by atoms with Crippen LogP contribution in [0.15, 0.2) is 57.8 Å². The third-order valence-electron chi connectivity index (χ3n) is 5.43. The van der Waals surface area contributed by atoms with E-state index >= 15 is 0 Å². The summed E-state index contributed by atoms with van der Waals surface area (Å²) in [5, 5.41) is 7.12. The number of anilines is 1. The van der Waals surface area contributed by atoms with Gasteiger partial charge in [-0.15, -0.1) is 0 Å². The zero-order valence-electron chi connectivity index (χ0n) is 19.6. The van der Waals surface area contributed by atoms with Crippen molar-refractivity contribution in [2.45, 2.75) is 20.4 Å². The van der Waals surface area contributed by atoms with Gasteiger partial charge in [0.2, 0.25) is 11.7 Å². The first-order valence-electron chi connectivity index (χ1n) is 10.6. The number of amides is 1. The lowest BCUT2D eigenvalue weighted by Crippen LogP contribution is -2.30. The first-order chi connectivity index (χ1) is 16.8. The predicted molar refractivity (Wildman–Crippen MR) is 132 cm³/mol. The number of ether oxygens (including phenoxy) is 2. The van der Waals surface area contributed by atoms with Crippen LogP contribution in [0.3, 0.4) is 0 Å². The van der Waals surface area contributed by atoms with E-state index in [9.17, 15) is 9.59 Å². The molecule has 2 aromatic carbocycles. The van der Waals surface area contributed by atoms with Crippen LogP contribution in [0.25, 0.3) is 22.8 Å². The molecule has 0 unspecified atom stereocenters. The molecule has 35 heavy (non-hydrogen) atoms. The number of halogens is 1. The highest BCUT2D eigenvalue weighted by atomic mass is 35.5. The molecule has 0 saturated heterocycles. The first-order valence-corrected chi connectivity index (χ1v) is 11.0. The molecule has 1 N–H and O–H groups in total. The first kappa shape index (κ1) is 24.0. The molecule has 4 rings (SSSR count). The van der Waals surface area contributed by atoms with Crippen LogP contribution in [0.1, 0.15) is 11.3 Å². The third kappa shape index (κ3) is 5.04. The number of hydrogen-bond donors (Lipinski definition) is 1. The molecule has 9 nitrogen and oxygen atoms in total. The monoisotopic (exact) mass is 494 g/mol. The van der Waals surface area contributed by atoms with Crippen molar-refractivity contribution in [2.24, 2.45) is 0 Å². The maximum absolute atomic E-state index is 13.4. The van der Waals surface area contributed by atoms with Crippen LogP contribution in [0.5, 0.6) is 11.5 Å². The number of nitrogens with one attached hydrogen (secondary N) is 1. The van der Waals surface area contributed by atoms with E-state index in [0.29, 0.717) is 44.9 Å². The number of aromatic nitrogens is 3. The van der Waals surface area contributed by atoms with Crippen molar-refractivity contribution in [3.05, 3.63) is 75.2 Å². The Morgan fingerprint density at radius 1 is 1.09 bits per heavy atom. The van der Waals surface area contributed by atoms with E-state index in [2.05, 4.69) is 15.5 Å². The van der Waals surface area contributed by atoms with Crippen molar-refractivity contribution < 1.29 is 18.8 Å². The average Bonchev–Trinajstić information content (AvgIpc) is 3.31. The zero-order valence-corrected chi connectivity index (χ0v) is 20.3. The summed E-state index contributed by atoms with van der Waals surface area (Å²) >= 11 is 6.13. The molecule has 0 aliphatic carbocycles. The molecule has 0 fully saturated rings. The van der Waals surface area contributed by atoms with E-state index in [1.54, 1.807) is 69.5 Å². The Morgan fingerprint density at radius 2 is 1.83 bits per heavy atom. The van der Waals surface area contributed by atoms with E-state index in [4.69, 9.17) is 25.6 Å². The van der Waals surface area contributed by atoms with E-state index < -0.39 is 11.5 Å². The fourth-order valence-electron chi connectivity index (χ4n) is 3.65. The van der Waals surface area contributed by atoms with Crippen LogP contribution in [-0.4, -0.2) is 34.8 Å². The summed E-state index contributed by atoms with van der Waals surface area (Å²) in [6.07, 6.45) is 0. The van der Waals surface area contributed by atoms with Crippen molar-refractivity contribution in [2.75, 3.05) is 19.5 Å². The number of carbonyl (C=O) groups is 1. The standard InChI is InChI=1S/C25H23ClN4O5/c1-14-11-15(2)30(13-21(31)27-17-7-10-20(34-4)19(26)12-17)25(32)22(14)24-28-23(29-35-24)16-5-8-18(33-3)9-6-16/h5-12H,13H2,1-4H3,(H,27,31). The van der Waals surface area contributed by atoms with Crippen molar-refractivity contribution >= 4 is 23.2 Å². The minimum Gasteiger partial charge on any atom is -0.497 e. The Kier molecular flexibility index (Phi) is 6.88. The second kappa shape index (κ2) is 10.0. The van der Waals surface area contributed by atoms with E-state index in [-0.39, 0.29) is 18.0 Å². The van der Waals surface area contributed by atoms with Crippen molar-refractivity contribution in [1.82, 2.24) is 14.7 Å². The van der Waals surface area contributed by atoms with Crippen LogP contribution in [0.4, 0.5) is 5.69 Å². The third-order valence-corrected chi connectivity index (χ3v) is 5.73. The van der Waals surface area contributed by atoms with Crippen LogP contribution >= 0.6 is 11.6 Å². The number of methoxy groups -OCH3 is 2. The molecule has 0 radical (unpaired) electrons. The Hall–Kier alpha value is -4.11. The van der Waals surface area contributed by atoms with Gasteiger partial charge < -0.3 is 23.9 Å². The maximum atomic E-state index is 13.4. The molecule has 10 heteroatoms. The summed E-state index contributed by atoms with van der Waals surface area (Å²) < 4.78 is 17.1. The minimum atomic E-state index is -0.407. The largest absolute Gasteiger partial charge is 0.497 e. The minimum absolute atomic E-state index is 0.0782. The van der Waals surface area contributed by atoms with Crippen LogP contribution in [0.2, 0.25) is 5.02 Å². The molecule has 0 spiro atoms. The predicted octanol–water partition coefficient (Wildman–Crippen LogP) is 4.49. The van der Waals surface area contributed by atoms with Gasteiger partial charge in [0, 0.05) is 16.9 Å². The average molecular weight is 495 g/mol. The summed E-state index contributed by atoms with van der Waals surface area (Å²) in [5.74, 6) is 1.21. The van der Waals surface area contributed by atoms with Gasteiger partial charge in [0.15, 0.2) is 0 Å². The summed E-state index contributed by atoms with van der Waals surface area (Å²) in [6, 6.07) is 13.8. The van der Waals surface area contributed by atoms with Crippen LogP contribution in [0, 0.1) is 13.8 Å². The number of pyridine rings is 1. The summed E-state index contributed by atoms with van der Waals surface area (Å²) in [6.45, 7) is 3.33. The fraction of sp³-hybridized carbons (Fsp3) is 0.200. The number of hydrogen-bond acceptors (Lipinski definition) is 7. The molecule has 0 aliphatic rings. The molecule has 2 heterocycles. The van der Waals surface area contributed by atoms with Gasteiger partial charge in [0.1, 0.15) is 23.6 Å². The number of carbonyl (C=O) groups excluding carboxylic acids is 1. The van der Waals surface area contributed by atoms with E-state index in [1.807, 2.05) is 0 Å². The number of benzene rings is 2. The molecular formula is C25H23ClN4O5. The molecule has 180 valence electrons. The van der Waals surface area contributed by atoms with Crippen LogP contribution in [-0.2, 0) is 11.3 Å². The van der Waals surface area contributed by atoms with E-state index in [1.165, 1.54) is 11.7 Å². The Bertz CT molecular complexity index is 1440. The second-order valence-electron chi connectivity index (χ2n) is 7.78. The second-order valence-corrected chi connectivity index (χ2v) is 8.19. The van der Waals surface area contributed by atoms with Gasteiger partial charge in [-0.05, 0) is 67.9 Å². The maximum Gasteiger partial charge on any atom is 0.264 e. The van der Waals surface area contributed by atoms with Crippen molar-refractivity contribution in [3.8, 4) is 34.3 Å². The molecule has 0 aliphatic heterocycles. The Balaban J connectivity index is 1.61. The van der Waals surface area contributed by atoms with E-state index in [0.717, 1.165) is 0 Å². The van der Waals surface area contributed by atoms with Gasteiger partial charge in [-0.2, -0.15) is 4.98 Å². The summed E-state index contributed by atoms with van der Waals surface area (Å²) in [7, 11) is 3.09. The highest BCUT2D eigenvalue weighted by Gasteiger charge is 2.20. The smallest absolute Gasteiger partial charge is 0.264 e. The summed E-state index contributed by atoms with van der Waals surface area (Å²) in [5.41, 5.74) is 2.31. The summed E-state index contributed by atoms with van der Waals surface area (Å²) in [4.78, 5) is 30.5. The molecular weight excluding hydrogens is 472 g/mol. The van der Waals surface area contributed by atoms with Gasteiger partial charge >= 0.3 is 0 Å². The SMILES string of the molecule is COc1ccc(-c2noc(-c3c(C)cc(C)n(CC(=O)Nc4ccc(OC)c(Cl)c4)c3=O)n2)cc1. The molecule has 0 atom stereocenters. The lowest BCUT2D eigenvalue weighted by Gasteiger charge is -2.13. The van der Waals surface area contributed by atoms with Crippen molar-refractivity contribution in [3.63, 3.8) is 0 Å². The van der Waals surface area contributed by atoms with Crippen molar-refractivity contribution in [1.29, 1.82) is 0 Å². The van der Waals surface area contributed by atoms with Gasteiger partial charge in [-0.25, -0.2) is 0 Å². The molecule has 4 aromatic rings. The van der Waals surface area contributed by atoms with Crippen LogP contribution < -0.4 is 20.3 Å². The molecule has 0 bridgehead atoms. The zero-order chi connectivity index (χ0) is 25.1. The topological polar surface area (TPSA) is 108 Å². The molecule has 2 aromatic heterocycles. The number of rotatable bonds is 7. The van der Waals surface area contributed by atoms with Gasteiger partial charge in [0.05, 0.1) is 19.2 Å². The molecule has 1 amide bonds. The highest BCUT2D eigenvalue weighted by Crippen LogP contribution is 2.27. The Labute approximate surface area is 206 Å². The fourth-order valence-corrected chi connectivity index (χ4v) is 3.91. The molecule has 0 saturated carbocycles. The number of nitrogens with zero attached hydrogens (tertiary/aromatic N) is 3. The lowest BCUT2D eigenvalue weighted by atomic mass is 10.1. The quantitative estimate of drug-likeness (QED) is 0.403. The normalized spacial score (nSPS) is 10.8. The lowest BCUT2D eigenvalue weighted by molar-refractivity contribution is -0.116. The van der Waals surface area contributed by atoms with Gasteiger partial charge in [0.25, 0.3) is 11.4 Å². The Morgan fingerprint density at radius 3 is 2.49 bits per heavy atom. The van der Waals surface area contributed by atoms with Gasteiger partial charge in [-0.3, -0.25) is 9.59 Å². The number of aryl methyl sites for hydroxylation is 2. The van der Waals surface area contributed by atoms with Gasteiger partial charge in [-0.1, -0.05) is 16.8 Å².